The summed E-state index contributed by atoms with van der Waals surface area (Å²) < 4.78 is 5.03. The molecular formula is C38H41BO2S. The molecule has 42 heavy (non-hydrogen) atoms. The van der Waals surface area contributed by atoms with Crippen molar-refractivity contribution in [3.05, 3.63) is 151 Å². The summed E-state index contributed by atoms with van der Waals surface area (Å²) in [4.78, 5) is 12.1. The van der Waals surface area contributed by atoms with Crippen LogP contribution in [0.25, 0.3) is 0 Å². The predicted octanol–water partition coefficient (Wildman–Crippen LogP) is 7.38. The van der Waals surface area contributed by atoms with Gasteiger partial charge in [-0.1, -0.05) is 141 Å². The molecule has 4 heteroatoms. The van der Waals surface area contributed by atoms with Gasteiger partial charge in [0.15, 0.2) is 4.90 Å². The molecule has 0 aliphatic heterocycles. The first kappa shape index (κ1) is 30.9. The van der Waals surface area contributed by atoms with Gasteiger partial charge < -0.3 is 4.74 Å². The van der Waals surface area contributed by atoms with Crippen LogP contribution in [0.5, 0.6) is 5.75 Å². The maximum Gasteiger partial charge on any atom is 0.308 e. The third-order valence-electron chi connectivity index (χ3n) is 7.81. The lowest BCUT2D eigenvalue weighted by Crippen LogP contribution is -2.66. The smallest absolute Gasteiger partial charge is 0.308 e. The van der Waals surface area contributed by atoms with Gasteiger partial charge in [-0.05, 0) is 24.3 Å². The average molecular weight is 573 g/mol. The van der Waals surface area contributed by atoms with Gasteiger partial charge in [-0.2, -0.15) is 22.7 Å². The Labute approximate surface area is 255 Å². The average Bonchev–Trinajstić information content (AvgIpc) is 3.04. The van der Waals surface area contributed by atoms with E-state index in [0.717, 1.165) is 5.75 Å². The van der Waals surface area contributed by atoms with Crippen LogP contribution in [0.2, 0.25) is 6.32 Å². The largest absolute Gasteiger partial charge is 0.427 e. The number of benzene rings is 5. The molecule has 0 bridgehead atoms. The van der Waals surface area contributed by atoms with Crippen molar-refractivity contribution in [3.8, 4) is 5.75 Å². The summed E-state index contributed by atoms with van der Waals surface area (Å²) in [6.45, 7) is 3.69. The van der Waals surface area contributed by atoms with Crippen LogP contribution in [0.15, 0.2) is 150 Å². The molecule has 0 heterocycles. The molecule has 5 aromatic rings. The highest BCUT2D eigenvalue weighted by Gasteiger charge is 2.28. The fourth-order valence-electron chi connectivity index (χ4n) is 5.75. The number of unbranched alkanes of at least 4 members (excludes halogenated alkanes) is 1. The van der Waals surface area contributed by atoms with Crippen molar-refractivity contribution in [3.63, 3.8) is 0 Å². The summed E-state index contributed by atoms with van der Waals surface area (Å²) in [6.07, 6.45) is 4.96. The van der Waals surface area contributed by atoms with Gasteiger partial charge in [0.1, 0.15) is 17.8 Å². The van der Waals surface area contributed by atoms with E-state index in [-0.39, 0.29) is 16.9 Å². The summed E-state index contributed by atoms with van der Waals surface area (Å²) in [6, 6.07) is 51.4. The first-order valence-corrected chi connectivity index (χ1v) is 16.6. The molecule has 0 saturated carbocycles. The number of carbonyl (C=O) groups excluding carboxylic acids is 1. The van der Waals surface area contributed by atoms with E-state index in [9.17, 15) is 4.79 Å². The van der Waals surface area contributed by atoms with Crippen molar-refractivity contribution in [1.29, 1.82) is 0 Å². The van der Waals surface area contributed by atoms with Gasteiger partial charge in [-0.15, -0.1) is 0 Å². The molecule has 1 atom stereocenters. The quantitative estimate of drug-likeness (QED) is 0.0756. The Balaban J connectivity index is 0.000000197. The molecule has 5 aromatic carbocycles. The standard InChI is InChI=1S/C22H24B.C16H17O2S/c1-2-3-19-23(20-13-7-4-8-14-20,21-15-9-5-10-16-21)22-17-11-6-12-18-22;1-13(17)18-15-8-10-16(11-9-15)19(2)12-14-6-4-3-5-7-14/h4-18H,2-3,19H2,1H3;3-11H,12H2,1-2H3/q-1;+1. The zero-order valence-electron chi connectivity index (χ0n) is 25.0. The second kappa shape index (κ2) is 15.8. The van der Waals surface area contributed by atoms with Crippen LogP contribution in [0.4, 0.5) is 0 Å². The Morgan fingerprint density at radius 1 is 0.643 bits per heavy atom. The van der Waals surface area contributed by atoms with Crippen LogP contribution in [0.3, 0.4) is 0 Å². The number of hydrogen-bond acceptors (Lipinski definition) is 2. The monoisotopic (exact) mass is 572 g/mol. The second-order valence-electron chi connectivity index (χ2n) is 10.8. The summed E-state index contributed by atoms with van der Waals surface area (Å²) in [5.74, 6) is 1.36. The normalized spacial score (nSPS) is 11.6. The Bertz CT molecular complexity index is 1380. The van der Waals surface area contributed by atoms with Crippen LogP contribution in [0, 0.1) is 0 Å². The van der Waals surface area contributed by atoms with E-state index in [1.54, 1.807) is 0 Å². The number of esters is 1. The molecule has 0 aromatic heterocycles. The molecule has 0 aliphatic carbocycles. The lowest BCUT2D eigenvalue weighted by molar-refractivity contribution is -0.131. The lowest BCUT2D eigenvalue weighted by Gasteiger charge is -2.43. The Morgan fingerprint density at radius 2 is 1.07 bits per heavy atom. The van der Waals surface area contributed by atoms with Crippen LogP contribution in [0.1, 0.15) is 32.3 Å². The van der Waals surface area contributed by atoms with E-state index in [2.05, 4.69) is 128 Å². The molecule has 0 fully saturated rings. The second-order valence-corrected chi connectivity index (χ2v) is 12.8. The van der Waals surface area contributed by atoms with E-state index in [1.165, 1.54) is 52.9 Å². The fourth-order valence-corrected chi connectivity index (χ4v) is 7.21. The summed E-state index contributed by atoms with van der Waals surface area (Å²) >= 11 is 0. The topological polar surface area (TPSA) is 26.3 Å². The molecule has 0 aliphatic rings. The van der Waals surface area contributed by atoms with Crippen molar-refractivity contribution in [2.45, 2.75) is 43.7 Å². The van der Waals surface area contributed by atoms with E-state index in [1.807, 2.05) is 30.3 Å². The third-order valence-corrected chi connectivity index (χ3v) is 9.65. The highest BCUT2D eigenvalue weighted by Crippen LogP contribution is 2.20. The number of ether oxygens (including phenoxy) is 1. The third kappa shape index (κ3) is 8.27. The highest BCUT2D eigenvalue weighted by molar-refractivity contribution is 7.95. The van der Waals surface area contributed by atoms with Gasteiger partial charge in [0.05, 0.1) is 6.15 Å². The number of hydrogen-bond donors (Lipinski definition) is 0. The molecule has 0 saturated heterocycles. The maximum absolute atomic E-state index is 10.9. The Hall–Kier alpha value is -4.02. The Morgan fingerprint density at radius 3 is 1.48 bits per heavy atom. The van der Waals surface area contributed by atoms with Gasteiger partial charge in [0.2, 0.25) is 0 Å². The van der Waals surface area contributed by atoms with Gasteiger partial charge in [-0.25, -0.2) is 0 Å². The highest BCUT2D eigenvalue weighted by atomic mass is 32.2. The minimum Gasteiger partial charge on any atom is -0.427 e. The molecule has 0 radical (unpaired) electrons. The summed E-state index contributed by atoms with van der Waals surface area (Å²) in [5.41, 5.74) is 5.67. The van der Waals surface area contributed by atoms with Crippen molar-refractivity contribution >= 4 is 39.4 Å². The number of rotatable bonds is 10. The van der Waals surface area contributed by atoms with E-state index in [4.69, 9.17) is 4.74 Å². The summed E-state index contributed by atoms with van der Waals surface area (Å²) in [5, 5.41) is 0. The van der Waals surface area contributed by atoms with E-state index >= 15 is 0 Å². The van der Waals surface area contributed by atoms with Crippen molar-refractivity contribution in [2.75, 3.05) is 6.26 Å². The van der Waals surface area contributed by atoms with Gasteiger partial charge in [0.25, 0.3) is 0 Å². The molecule has 2 nitrogen and oxygen atoms in total. The predicted molar refractivity (Wildman–Crippen MR) is 183 cm³/mol. The molecule has 0 amide bonds. The Kier molecular flexibility index (Phi) is 11.7. The van der Waals surface area contributed by atoms with Crippen LogP contribution < -0.4 is 21.1 Å². The molecule has 5 rings (SSSR count). The molecule has 0 spiro atoms. The summed E-state index contributed by atoms with van der Waals surface area (Å²) in [7, 11) is 0.154. The lowest BCUT2D eigenvalue weighted by atomic mass is 9.14. The molecule has 1 unspecified atom stereocenters. The van der Waals surface area contributed by atoms with Crippen LogP contribution in [-0.4, -0.2) is 18.4 Å². The zero-order valence-corrected chi connectivity index (χ0v) is 25.8. The molecular weight excluding hydrogens is 531 g/mol. The van der Waals surface area contributed by atoms with E-state index < -0.39 is 6.15 Å². The van der Waals surface area contributed by atoms with Crippen LogP contribution >= 0.6 is 0 Å². The first-order chi connectivity index (χ1) is 20.5. The number of carbonyl (C=O) groups is 1. The van der Waals surface area contributed by atoms with Crippen molar-refractivity contribution in [1.82, 2.24) is 0 Å². The van der Waals surface area contributed by atoms with Crippen LogP contribution in [-0.2, 0) is 21.4 Å². The van der Waals surface area contributed by atoms with Gasteiger partial charge in [0, 0.05) is 23.4 Å². The zero-order chi connectivity index (χ0) is 29.6. The minimum absolute atomic E-state index is 0.154. The minimum atomic E-state index is -0.913. The first-order valence-electron chi connectivity index (χ1n) is 14.8. The van der Waals surface area contributed by atoms with E-state index in [0.29, 0.717) is 5.75 Å². The molecule has 214 valence electrons. The van der Waals surface area contributed by atoms with Gasteiger partial charge >= 0.3 is 5.97 Å². The van der Waals surface area contributed by atoms with Crippen molar-refractivity contribution in [2.24, 2.45) is 0 Å². The SMILES string of the molecule is CC(=O)Oc1ccc([S+](C)Cc2ccccc2)cc1.CCCC[B-](c1ccccc1)(c1ccccc1)c1ccccc1. The van der Waals surface area contributed by atoms with Crippen molar-refractivity contribution < 1.29 is 9.53 Å². The van der Waals surface area contributed by atoms with Gasteiger partial charge in [-0.3, -0.25) is 4.79 Å². The fraction of sp³-hybridized carbons (Fsp3) is 0.184. The molecule has 0 N–H and O–H groups in total. The maximum atomic E-state index is 10.9.